The molecule has 2 saturated heterocycles. The number of nitrogens with one attached hydrogen (secondary N) is 1. The normalized spacial score (nSPS) is 22.9. The molecule has 1 unspecified atom stereocenters. The summed E-state index contributed by atoms with van der Waals surface area (Å²) in [6.45, 7) is 9.19. The lowest BCUT2D eigenvalue weighted by Crippen LogP contribution is -2.49. The monoisotopic (exact) mass is 344 g/mol. The smallest absolute Gasteiger partial charge is 0.193 e. The van der Waals surface area contributed by atoms with Crippen molar-refractivity contribution in [2.24, 2.45) is 4.99 Å². The summed E-state index contributed by atoms with van der Waals surface area (Å²) in [5.41, 5.74) is 2.58. The number of guanidine groups is 1. The predicted octanol–water partition coefficient (Wildman–Crippen LogP) is 2.43. The number of aliphatic imine (C=N–C) groups is 1. The molecule has 0 aliphatic carbocycles. The van der Waals surface area contributed by atoms with Gasteiger partial charge in [0.2, 0.25) is 0 Å². The lowest BCUT2D eigenvalue weighted by molar-refractivity contribution is -0.00834. The Morgan fingerprint density at radius 1 is 1.20 bits per heavy atom. The molecule has 1 N–H and O–H groups in total. The van der Waals surface area contributed by atoms with Crippen molar-refractivity contribution in [3.63, 3.8) is 0 Å². The first-order chi connectivity index (χ1) is 12.3. The molecule has 1 aromatic rings. The Kier molecular flexibility index (Phi) is 6.70. The molecule has 2 aliphatic rings. The van der Waals surface area contributed by atoms with Crippen LogP contribution in [0.3, 0.4) is 0 Å². The minimum absolute atomic E-state index is 0.121. The van der Waals surface area contributed by atoms with Crippen LogP contribution in [0.5, 0.6) is 0 Å². The summed E-state index contributed by atoms with van der Waals surface area (Å²) in [4.78, 5) is 9.39. The average molecular weight is 345 g/mol. The highest BCUT2D eigenvalue weighted by Gasteiger charge is 2.25. The average Bonchev–Trinajstić information content (AvgIpc) is 2.66. The van der Waals surface area contributed by atoms with E-state index in [-0.39, 0.29) is 6.10 Å². The third-order valence-corrected chi connectivity index (χ3v) is 5.27. The van der Waals surface area contributed by atoms with Gasteiger partial charge in [0, 0.05) is 26.7 Å². The fourth-order valence-electron chi connectivity index (χ4n) is 3.82. The molecule has 0 bridgehead atoms. The summed E-state index contributed by atoms with van der Waals surface area (Å²) in [7, 11) is 1.88. The van der Waals surface area contributed by atoms with Gasteiger partial charge in [-0.2, -0.15) is 0 Å². The third kappa shape index (κ3) is 4.95. The Morgan fingerprint density at radius 3 is 2.76 bits per heavy atom. The molecule has 1 aromatic carbocycles. The summed E-state index contributed by atoms with van der Waals surface area (Å²) in [5, 5.41) is 3.55. The highest BCUT2D eigenvalue weighted by molar-refractivity contribution is 5.80. The number of morpholine rings is 1. The number of ether oxygens (including phenoxy) is 1. The molecular weight excluding hydrogens is 312 g/mol. The zero-order valence-corrected chi connectivity index (χ0v) is 15.7. The molecule has 25 heavy (non-hydrogen) atoms. The summed E-state index contributed by atoms with van der Waals surface area (Å²) < 4.78 is 6.04. The van der Waals surface area contributed by atoms with E-state index >= 15 is 0 Å². The number of hydrogen-bond donors (Lipinski definition) is 1. The Morgan fingerprint density at radius 2 is 2.00 bits per heavy atom. The second kappa shape index (κ2) is 9.20. The van der Waals surface area contributed by atoms with Crippen LogP contribution >= 0.6 is 0 Å². The van der Waals surface area contributed by atoms with E-state index in [1.54, 1.807) is 0 Å². The van der Waals surface area contributed by atoms with E-state index in [2.05, 4.69) is 51.3 Å². The van der Waals surface area contributed by atoms with Gasteiger partial charge in [0.15, 0.2) is 5.96 Å². The van der Waals surface area contributed by atoms with Crippen LogP contribution in [0, 0.1) is 6.92 Å². The van der Waals surface area contributed by atoms with E-state index in [4.69, 9.17) is 4.74 Å². The Labute approximate surface area is 152 Å². The van der Waals surface area contributed by atoms with E-state index in [1.165, 1.54) is 43.5 Å². The topological polar surface area (TPSA) is 40.1 Å². The maximum absolute atomic E-state index is 6.04. The van der Waals surface area contributed by atoms with E-state index in [1.807, 2.05) is 7.05 Å². The number of likely N-dealkylation sites (tertiary alicyclic amines) is 1. The molecule has 0 spiro atoms. The van der Waals surface area contributed by atoms with Gasteiger partial charge < -0.3 is 19.9 Å². The van der Waals surface area contributed by atoms with Crippen LogP contribution in [-0.4, -0.2) is 68.7 Å². The molecule has 0 radical (unpaired) electrons. The van der Waals surface area contributed by atoms with Crippen molar-refractivity contribution in [1.29, 1.82) is 0 Å². The van der Waals surface area contributed by atoms with Gasteiger partial charge in [0.1, 0.15) is 6.10 Å². The molecule has 0 saturated carbocycles. The van der Waals surface area contributed by atoms with Gasteiger partial charge in [0.25, 0.3) is 0 Å². The lowest BCUT2D eigenvalue weighted by Gasteiger charge is -2.36. The van der Waals surface area contributed by atoms with Crippen LogP contribution in [0.15, 0.2) is 29.3 Å². The number of piperidine rings is 1. The summed E-state index contributed by atoms with van der Waals surface area (Å²) in [5.74, 6) is 0.999. The largest absolute Gasteiger partial charge is 0.370 e. The van der Waals surface area contributed by atoms with Crippen molar-refractivity contribution < 1.29 is 4.74 Å². The van der Waals surface area contributed by atoms with Gasteiger partial charge in [-0.1, -0.05) is 30.7 Å². The molecule has 5 heteroatoms. The first-order valence-corrected chi connectivity index (χ1v) is 9.63. The van der Waals surface area contributed by atoms with Crippen LogP contribution in [-0.2, 0) is 4.74 Å². The molecule has 3 rings (SSSR count). The fourth-order valence-corrected chi connectivity index (χ4v) is 3.82. The van der Waals surface area contributed by atoms with Crippen molar-refractivity contribution >= 4 is 5.96 Å². The number of nitrogens with zero attached hydrogens (tertiary/aromatic N) is 3. The summed E-state index contributed by atoms with van der Waals surface area (Å²) >= 11 is 0. The van der Waals surface area contributed by atoms with E-state index in [0.29, 0.717) is 0 Å². The third-order valence-electron chi connectivity index (χ3n) is 5.27. The molecular formula is C20H32N4O. The van der Waals surface area contributed by atoms with Crippen LogP contribution in [0.25, 0.3) is 0 Å². The molecule has 2 aliphatic heterocycles. The van der Waals surface area contributed by atoms with Crippen molar-refractivity contribution in [2.45, 2.75) is 32.3 Å². The number of rotatable bonds is 4. The van der Waals surface area contributed by atoms with Crippen LogP contribution in [0.1, 0.15) is 36.5 Å². The number of benzene rings is 1. The van der Waals surface area contributed by atoms with Crippen LogP contribution in [0.4, 0.5) is 0 Å². The standard InChI is InChI=1S/C20H32N4O/c1-17-8-4-5-9-18(17)19-16-24(14-15-25-19)20(21-2)22-10-13-23-11-6-3-7-12-23/h4-5,8-9,19H,3,6-7,10-16H2,1-2H3,(H,21,22). The lowest BCUT2D eigenvalue weighted by atomic mass is 10.0. The van der Waals surface area contributed by atoms with Gasteiger partial charge in [-0.05, 0) is 44.0 Å². The summed E-state index contributed by atoms with van der Waals surface area (Å²) in [6, 6.07) is 8.51. The number of hydrogen-bond acceptors (Lipinski definition) is 3. The SMILES string of the molecule is CN=C(NCCN1CCCCC1)N1CCOC(c2ccccc2C)C1. The minimum atomic E-state index is 0.121. The molecule has 1 atom stereocenters. The minimum Gasteiger partial charge on any atom is -0.370 e. The zero-order chi connectivity index (χ0) is 17.5. The Bertz CT molecular complexity index is 569. The van der Waals surface area contributed by atoms with Crippen molar-refractivity contribution in [1.82, 2.24) is 15.1 Å². The molecule has 5 nitrogen and oxygen atoms in total. The van der Waals surface area contributed by atoms with Gasteiger partial charge in [-0.3, -0.25) is 4.99 Å². The first-order valence-electron chi connectivity index (χ1n) is 9.63. The van der Waals surface area contributed by atoms with Crippen LogP contribution < -0.4 is 5.32 Å². The Balaban J connectivity index is 1.53. The van der Waals surface area contributed by atoms with Crippen molar-refractivity contribution in [2.75, 3.05) is 52.9 Å². The van der Waals surface area contributed by atoms with E-state index in [9.17, 15) is 0 Å². The maximum Gasteiger partial charge on any atom is 0.193 e. The van der Waals surface area contributed by atoms with E-state index < -0.39 is 0 Å². The molecule has 138 valence electrons. The van der Waals surface area contributed by atoms with Gasteiger partial charge >= 0.3 is 0 Å². The molecule has 2 heterocycles. The molecule has 2 fully saturated rings. The second-order valence-corrected chi connectivity index (χ2v) is 7.04. The quantitative estimate of drug-likeness (QED) is 0.673. The number of aryl methyl sites for hydroxylation is 1. The van der Waals surface area contributed by atoms with Gasteiger partial charge in [-0.25, -0.2) is 0 Å². The second-order valence-electron chi connectivity index (χ2n) is 7.04. The van der Waals surface area contributed by atoms with Crippen molar-refractivity contribution in [3.05, 3.63) is 35.4 Å². The zero-order valence-electron chi connectivity index (χ0n) is 15.7. The van der Waals surface area contributed by atoms with Crippen molar-refractivity contribution in [3.8, 4) is 0 Å². The highest BCUT2D eigenvalue weighted by Crippen LogP contribution is 2.24. The predicted molar refractivity (Wildman–Crippen MR) is 103 cm³/mol. The van der Waals surface area contributed by atoms with Gasteiger partial charge in [-0.15, -0.1) is 0 Å². The fraction of sp³-hybridized carbons (Fsp3) is 0.650. The first kappa shape index (κ1) is 18.2. The van der Waals surface area contributed by atoms with Crippen LogP contribution in [0.2, 0.25) is 0 Å². The highest BCUT2D eigenvalue weighted by atomic mass is 16.5. The molecule has 0 amide bonds. The van der Waals surface area contributed by atoms with E-state index in [0.717, 1.165) is 38.7 Å². The van der Waals surface area contributed by atoms with Gasteiger partial charge in [0.05, 0.1) is 13.2 Å². The maximum atomic E-state index is 6.04. The molecule has 0 aromatic heterocycles. The summed E-state index contributed by atoms with van der Waals surface area (Å²) in [6.07, 6.45) is 4.20. The Hall–Kier alpha value is -1.59.